The van der Waals surface area contributed by atoms with E-state index in [4.69, 9.17) is 4.74 Å². The summed E-state index contributed by atoms with van der Waals surface area (Å²) in [7, 11) is 1.55. The van der Waals surface area contributed by atoms with Crippen molar-refractivity contribution in [1.82, 2.24) is 15.6 Å². The highest BCUT2D eigenvalue weighted by atomic mass is 32.1. The van der Waals surface area contributed by atoms with E-state index in [2.05, 4.69) is 15.6 Å². The second kappa shape index (κ2) is 8.44. The highest BCUT2D eigenvalue weighted by Crippen LogP contribution is 2.16. The molecule has 0 aliphatic heterocycles. The van der Waals surface area contributed by atoms with Gasteiger partial charge in [0.1, 0.15) is 10.8 Å². The summed E-state index contributed by atoms with van der Waals surface area (Å²) in [4.78, 5) is 29.4. The van der Waals surface area contributed by atoms with Gasteiger partial charge in [0.15, 0.2) is 0 Å². The molecular weight excluding hydrogens is 326 g/mol. The van der Waals surface area contributed by atoms with Gasteiger partial charge < -0.3 is 15.4 Å². The van der Waals surface area contributed by atoms with E-state index in [0.717, 1.165) is 15.6 Å². The molecule has 0 spiro atoms. The molecule has 0 bridgehead atoms. The lowest BCUT2D eigenvalue weighted by Gasteiger charge is -2.07. The normalized spacial score (nSPS) is 10.3. The number of aryl methyl sites for hydroxylation is 2. The van der Waals surface area contributed by atoms with E-state index in [1.54, 1.807) is 42.7 Å². The summed E-state index contributed by atoms with van der Waals surface area (Å²) >= 11 is 1.58. The Kier molecular flexibility index (Phi) is 6.31. The Balaban J connectivity index is 1.72. The predicted octanol–water partition coefficient (Wildman–Crippen LogP) is 2.20. The van der Waals surface area contributed by atoms with Gasteiger partial charge in [-0.1, -0.05) is 6.07 Å². The van der Waals surface area contributed by atoms with Crippen LogP contribution < -0.4 is 15.4 Å². The fourth-order valence-corrected chi connectivity index (χ4v) is 2.91. The fourth-order valence-electron chi connectivity index (χ4n) is 2.03. The van der Waals surface area contributed by atoms with Gasteiger partial charge in [0, 0.05) is 23.4 Å². The first-order valence-corrected chi connectivity index (χ1v) is 8.43. The van der Waals surface area contributed by atoms with Gasteiger partial charge in [0.05, 0.1) is 19.3 Å². The van der Waals surface area contributed by atoms with Crippen molar-refractivity contribution in [2.75, 3.05) is 13.7 Å². The Morgan fingerprint density at radius 1 is 1.25 bits per heavy atom. The molecule has 2 rings (SSSR count). The first-order valence-electron chi connectivity index (χ1n) is 7.61. The molecule has 24 heavy (non-hydrogen) atoms. The number of nitrogens with zero attached hydrogens (tertiary/aromatic N) is 1. The number of carbonyl (C=O) groups is 2. The molecule has 2 amide bonds. The van der Waals surface area contributed by atoms with Crippen LogP contribution in [0.1, 0.15) is 32.4 Å². The van der Waals surface area contributed by atoms with E-state index in [1.807, 2.05) is 13.8 Å². The minimum Gasteiger partial charge on any atom is -0.497 e. The number of hydrogen-bond acceptors (Lipinski definition) is 5. The third-order valence-corrected chi connectivity index (χ3v) is 4.55. The fraction of sp³-hybridized carbons (Fsp3) is 0.353. The average molecular weight is 347 g/mol. The van der Waals surface area contributed by atoms with Crippen LogP contribution in [0, 0.1) is 13.8 Å². The minimum atomic E-state index is -0.229. The lowest BCUT2D eigenvalue weighted by Crippen LogP contribution is -2.30. The van der Waals surface area contributed by atoms with Gasteiger partial charge in [-0.25, -0.2) is 4.98 Å². The maximum atomic E-state index is 12.0. The molecule has 0 aliphatic rings. The smallest absolute Gasteiger partial charge is 0.251 e. The van der Waals surface area contributed by atoms with Gasteiger partial charge in [-0.15, -0.1) is 11.3 Å². The molecule has 0 saturated heterocycles. The molecule has 0 atom stereocenters. The molecular formula is C17H21N3O3S. The Hall–Kier alpha value is -2.41. The van der Waals surface area contributed by atoms with Gasteiger partial charge in [0.2, 0.25) is 5.91 Å². The molecule has 2 N–H and O–H groups in total. The Labute approximate surface area is 145 Å². The zero-order valence-corrected chi connectivity index (χ0v) is 14.8. The number of methoxy groups -OCH3 is 1. The Bertz CT molecular complexity index is 708. The number of amides is 2. The number of thiazole rings is 1. The van der Waals surface area contributed by atoms with Gasteiger partial charge in [-0.05, 0) is 32.0 Å². The summed E-state index contributed by atoms with van der Waals surface area (Å²) in [5.74, 6) is 0.272. The van der Waals surface area contributed by atoms with Crippen LogP contribution >= 0.6 is 11.3 Å². The number of benzene rings is 1. The van der Waals surface area contributed by atoms with Gasteiger partial charge in [-0.3, -0.25) is 9.59 Å². The molecule has 1 heterocycles. The molecule has 2 aromatic rings. The lowest BCUT2D eigenvalue weighted by atomic mass is 10.2. The monoisotopic (exact) mass is 347 g/mol. The molecule has 0 aliphatic carbocycles. The summed E-state index contributed by atoms with van der Waals surface area (Å²) in [5, 5.41) is 6.42. The number of aromatic nitrogens is 1. The number of hydrogen-bond donors (Lipinski definition) is 2. The van der Waals surface area contributed by atoms with Gasteiger partial charge in [0.25, 0.3) is 5.91 Å². The van der Waals surface area contributed by atoms with Gasteiger partial charge in [-0.2, -0.15) is 0 Å². The molecule has 0 fully saturated rings. The van der Waals surface area contributed by atoms with Crippen LogP contribution in [0.25, 0.3) is 0 Å². The highest BCUT2D eigenvalue weighted by molar-refractivity contribution is 7.11. The number of rotatable bonds is 7. The van der Waals surface area contributed by atoms with Crippen molar-refractivity contribution in [2.24, 2.45) is 0 Å². The summed E-state index contributed by atoms with van der Waals surface area (Å²) in [6, 6.07) is 6.87. The molecule has 1 aromatic carbocycles. The number of carbonyl (C=O) groups excluding carboxylic acids is 2. The van der Waals surface area contributed by atoms with Crippen LogP contribution in [0.4, 0.5) is 0 Å². The number of ether oxygens (including phenoxy) is 1. The van der Waals surface area contributed by atoms with E-state index in [0.29, 0.717) is 17.9 Å². The molecule has 0 radical (unpaired) electrons. The summed E-state index contributed by atoms with van der Waals surface area (Å²) < 4.78 is 5.08. The van der Waals surface area contributed by atoms with Crippen LogP contribution in [0.2, 0.25) is 0 Å². The minimum absolute atomic E-state index is 0.119. The lowest BCUT2D eigenvalue weighted by molar-refractivity contribution is -0.121. The second-order valence-corrected chi connectivity index (χ2v) is 6.55. The SMILES string of the molecule is COc1cccc(C(=O)NCCC(=O)NCc2nc(C)c(C)s2)c1. The highest BCUT2D eigenvalue weighted by Gasteiger charge is 2.09. The van der Waals surface area contributed by atoms with Crippen molar-refractivity contribution in [3.8, 4) is 5.75 Å². The van der Waals surface area contributed by atoms with E-state index in [9.17, 15) is 9.59 Å². The molecule has 6 nitrogen and oxygen atoms in total. The summed E-state index contributed by atoms with van der Waals surface area (Å²) in [5.41, 5.74) is 1.50. The van der Waals surface area contributed by atoms with E-state index >= 15 is 0 Å². The quantitative estimate of drug-likeness (QED) is 0.805. The van der Waals surface area contributed by atoms with E-state index < -0.39 is 0 Å². The molecule has 128 valence electrons. The van der Waals surface area contributed by atoms with Crippen molar-refractivity contribution in [2.45, 2.75) is 26.8 Å². The first-order chi connectivity index (χ1) is 11.5. The maximum Gasteiger partial charge on any atom is 0.251 e. The third-order valence-electron chi connectivity index (χ3n) is 3.48. The molecule has 0 saturated carbocycles. The van der Waals surface area contributed by atoms with Crippen LogP contribution in [0.15, 0.2) is 24.3 Å². The zero-order valence-electron chi connectivity index (χ0n) is 14.0. The largest absolute Gasteiger partial charge is 0.497 e. The molecule has 0 unspecified atom stereocenters. The van der Waals surface area contributed by atoms with Crippen LogP contribution in [-0.2, 0) is 11.3 Å². The zero-order chi connectivity index (χ0) is 17.5. The third kappa shape index (κ3) is 5.06. The van der Waals surface area contributed by atoms with Crippen molar-refractivity contribution >= 4 is 23.2 Å². The Morgan fingerprint density at radius 3 is 2.71 bits per heavy atom. The predicted molar refractivity (Wildman–Crippen MR) is 93.4 cm³/mol. The summed E-state index contributed by atoms with van der Waals surface area (Å²) in [6.45, 7) is 4.65. The standard InChI is InChI=1S/C17H21N3O3S/c1-11-12(2)24-16(20-11)10-19-15(21)7-8-18-17(22)13-5-4-6-14(9-13)23-3/h4-6,9H,7-8,10H2,1-3H3,(H,18,22)(H,19,21). The molecule has 1 aromatic heterocycles. The molecule has 7 heteroatoms. The maximum absolute atomic E-state index is 12.0. The first kappa shape index (κ1) is 17.9. The van der Waals surface area contributed by atoms with Crippen LogP contribution in [-0.4, -0.2) is 30.5 Å². The second-order valence-electron chi connectivity index (χ2n) is 5.26. The van der Waals surface area contributed by atoms with Crippen LogP contribution in [0.3, 0.4) is 0 Å². The van der Waals surface area contributed by atoms with Crippen molar-refractivity contribution in [3.05, 3.63) is 45.4 Å². The van der Waals surface area contributed by atoms with Crippen molar-refractivity contribution in [3.63, 3.8) is 0 Å². The van der Waals surface area contributed by atoms with Gasteiger partial charge >= 0.3 is 0 Å². The number of nitrogens with one attached hydrogen (secondary N) is 2. The van der Waals surface area contributed by atoms with E-state index in [-0.39, 0.29) is 24.8 Å². The topological polar surface area (TPSA) is 80.3 Å². The Morgan fingerprint density at radius 2 is 2.04 bits per heavy atom. The average Bonchev–Trinajstić information content (AvgIpc) is 2.91. The van der Waals surface area contributed by atoms with Crippen LogP contribution in [0.5, 0.6) is 5.75 Å². The summed E-state index contributed by atoms with van der Waals surface area (Å²) in [6.07, 6.45) is 0.221. The van der Waals surface area contributed by atoms with E-state index in [1.165, 1.54) is 0 Å². The van der Waals surface area contributed by atoms with Crippen molar-refractivity contribution in [1.29, 1.82) is 0 Å². The van der Waals surface area contributed by atoms with Crippen molar-refractivity contribution < 1.29 is 14.3 Å².